The molecule has 1 unspecified atom stereocenters. The van der Waals surface area contributed by atoms with Gasteiger partial charge in [0.1, 0.15) is 0 Å². The van der Waals surface area contributed by atoms with Gasteiger partial charge in [-0.2, -0.15) is 0 Å². The summed E-state index contributed by atoms with van der Waals surface area (Å²) in [6.45, 7) is 2.18. The van der Waals surface area contributed by atoms with Gasteiger partial charge in [0.15, 0.2) is 0 Å². The molecule has 0 aromatic heterocycles. The predicted molar refractivity (Wildman–Crippen MR) is 40.1 cm³/mol. The Balaban J connectivity index is 2.72. The maximum absolute atomic E-state index is 8.84. The predicted octanol–water partition coefficient (Wildman–Crippen LogP) is 0.250. The van der Waals surface area contributed by atoms with Crippen molar-refractivity contribution >= 4 is 10.2 Å². The highest BCUT2D eigenvalue weighted by Gasteiger charge is 1.92. The molecular weight excluding hydrogens is 116 g/mol. The Labute approximate surface area is 54.5 Å². The lowest BCUT2D eigenvalue weighted by atomic mass is 10.2. The van der Waals surface area contributed by atoms with Crippen LogP contribution in [0.25, 0.3) is 0 Å². The second-order valence-electron chi connectivity index (χ2n) is 2.34. The van der Waals surface area contributed by atoms with Crippen molar-refractivity contribution in [2.45, 2.75) is 38.3 Å². The molecule has 2 heteroatoms. The first-order valence-corrected chi connectivity index (χ1v) is 4.61. The monoisotopic (exact) mass is 132 g/mol. The van der Waals surface area contributed by atoms with E-state index in [-0.39, 0.29) is 5.73 Å². The molecule has 0 aromatic carbocycles. The van der Waals surface area contributed by atoms with Gasteiger partial charge in [0.25, 0.3) is 0 Å². The van der Waals surface area contributed by atoms with Crippen molar-refractivity contribution in [3.63, 3.8) is 0 Å². The van der Waals surface area contributed by atoms with Crippen LogP contribution in [-0.2, 0) is 0 Å². The quantitative estimate of drug-likeness (QED) is 0.429. The van der Waals surface area contributed by atoms with Crippen molar-refractivity contribution in [3.05, 3.63) is 0 Å². The molecule has 50 valence electrons. The van der Waals surface area contributed by atoms with Crippen LogP contribution in [0.5, 0.6) is 0 Å². The Bertz CT molecular complexity index is 45.8. The van der Waals surface area contributed by atoms with Crippen LogP contribution < -0.4 is 0 Å². The van der Waals surface area contributed by atoms with Crippen LogP contribution in [0.1, 0.15) is 32.6 Å². The van der Waals surface area contributed by atoms with E-state index in [0.717, 1.165) is 16.7 Å². The Morgan fingerprint density at radius 1 is 1.50 bits per heavy atom. The van der Waals surface area contributed by atoms with Gasteiger partial charge < -0.3 is 5.11 Å². The molecule has 0 saturated carbocycles. The van der Waals surface area contributed by atoms with Crippen LogP contribution in [0.4, 0.5) is 0 Å². The lowest BCUT2D eigenvalue weighted by Crippen LogP contribution is -2.03. The number of rotatable bonds is 4. The van der Waals surface area contributed by atoms with Gasteiger partial charge in [0.05, 0.1) is 0 Å². The molecule has 0 heterocycles. The first-order valence-electron chi connectivity index (χ1n) is 3.45. The molecule has 0 aliphatic carbocycles. The maximum atomic E-state index is 8.84. The van der Waals surface area contributed by atoms with E-state index in [2.05, 4.69) is 6.92 Å². The highest BCUT2D eigenvalue weighted by molar-refractivity contribution is 6.10. The number of unbranched alkanes of at least 4 members (excludes halogenated alkanes) is 2. The van der Waals surface area contributed by atoms with Crippen molar-refractivity contribution in [1.29, 1.82) is 0 Å². The summed E-state index contributed by atoms with van der Waals surface area (Å²) >= 11 is 0. The van der Waals surface area contributed by atoms with E-state index < -0.39 is 0 Å². The van der Waals surface area contributed by atoms with Gasteiger partial charge in [0, 0.05) is 16.0 Å². The summed E-state index contributed by atoms with van der Waals surface area (Å²) in [6.07, 6.45) is 4.77. The average molecular weight is 132 g/mol. The highest BCUT2D eigenvalue weighted by atomic mass is 28.1. The van der Waals surface area contributed by atoms with Crippen molar-refractivity contribution < 1.29 is 5.11 Å². The van der Waals surface area contributed by atoms with E-state index >= 15 is 0 Å². The molecule has 0 aliphatic rings. The van der Waals surface area contributed by atoms with Crippen LogP contribution in [0, 0.1) is 0 Å². The van der Waals surface area contributed by atoms with Crippen molar-refractivity contribution in [1.82, 2.24) is 0 Å². The number of aliphatic hydroxyl groups excluding tert-OH is 1. The van der Waals surface area contributed by atoms with Crippen molar-refractivity contribution in [3.8, 4) is 0 Å². The average Bonchev–Trinajstić information content (AvgIpc) is 1.66. The molecule has 0 bridgehead atoms. The molecule has 0 radical (unpaired) electrons. The highest BCUT2D eigenvalue weighted by Crippen LogP contribution is 1.99. The molecular formula is C6H16OSi. The summed E-state index contributed by atoms with van der Waals surface area (Å²) in [7, 11) is 0.941. The topological polar surface area (TPSA) is 20.2 Å². The molecule has 0 amide bonds. The zero-order valence-electron chi connectivity index (χ0n) is 5.85. The lowest BCUT2D eigenvalue weighted by Gasteiger charge is -2.00. The normalized spacial score (nSPS) is 14.2. The third kappa shape index (κ3) is 6.18. The molecule has 0 saturated heterocycles. The van der Waals surface area contributed by atoms with Gasteiger partial charge in [-0.1, -0.05) is 26.2 Å². The fraction of sp³-hybridized carbons (Fsp3) is 1.00. The van der Waals surface area contributed by atoms with Crippen LogP contribution in [0.2, 0.25) is 0 Å². The molecule has 0 aromatic rings. The summed E-state index contributed by atoms with van der Waals surface area (Å²) in [5.41, 5.74) is 0.0431. The van der Waals surface area contributed by atoms with Gasteiger partial charge in [-0.25, -0.2) is 0 Å². The van der Waals surface area contributed by atoms with Crippen LogP contribution in [0.3, 0.4) is 0 Å². The lowest BCUT2D eigenvalue weighted by molar-refractivity contribution is 0.240. The van der Waals surface area contributed by atoms with Gasteiger partial charge in [-0.3, -0.25) is 0 Å². The summed E-state index contributed by atoms with van der Waals surface area (Å²) in [5, 5.41) is 8.84. The van der Waals surface area contributed by atoms with Gasteiger partial charge in [-0.05, 0) is 6.42 Å². The van der Waals surface area contributed by atoms with E-state index in [4.69, 9.17) is 5.11 Å². The van der Waals surface area contributed by atoms with Crippen LogP contribution >= 0.6 is 0 Å². The molecule has 1 N–H and O–H groups in total. The number of hydrogen-bond acceptors (Lipinski definition) is 1. The Morgan fingerprint density at radius 2 is 2.12 bits per heavy atom. The number of aliphatic hydroxyl groups is 1. The van der Waals surface area contributed by atoms with Crippen molar-refractivity contribution in [2.24, 2.45) is 0 Å². The van der Waals surface area contributed by atoms with E-state index in [1.54, 1.807) is 0 Å². The standard InChI is InChI=1S/C6H16OSi/c1-2-3-4-5-6(7)8/h6-7H,2-5H2,1,8H3. The smallest absolute Gasteiger partial charge is 0.0389 e. The number of hydrogen-bond donors (Lipinski definition) is 1. The second-order valence-corrected chi connectivity index (χ2v) is 3.68. The Hall–Kier alpha value is 0.177. The van der Waals surface area contributed by atoms with Crippen LogP contribution in [0.15, 0.2) is 0 Å². The molecule has 1 atom stereocenters. The zero-order chi connectivity index (χ0) is 6.41. The summed E-state index contributed by atoms with van der Waals surface area (Å²) in [4.78, 5) is 0. The van der Waals surface area contributed by atoms with Crippen LogP contribution in [-0.4, -0.2) is 21.1 Å². The molecule has 0 aliphatic heterocycles. The summed E-state index contributed by atoms with van der Waals surface area (Å²) in [6, 6.07) is 0. The van der Waals surface area contributed by atoms with Crippen molar-refractivity contribution in [2.75, 3.05) is 0 Å². The third-order valence-electron chi connectivity index (χ3n) is 1.23. The van der Waals surface area contributed by atoms with E-state index in [0.29, 0.717) is 0 Å². The first kappa shape index (κ1) is 8.18. The van der Waals surface area contributed by atoms with E-state index in [1.165, 1.54) is 19.3 Å². The second kappa shape index (κ2) is 5.32. The molecule has 0 spiro atoms. The Kier molecular flexibility index (Phi) is 5.43. The van der Waals surface area contributed by atoms with Gasteiger partial charge >= 0.3 is 0 Å². The summed E-state index contributed by atoms with van der Waals surface area (Å²) < 4.78 is 0. The molecule has 8 heavy (non-hydrogen) atoms. The van der Waals surface area contributed by atoms with Gasteiger partial charge in [0.2, 0.25) is 0 Å². The molecule has 0 fully saturated rings. The fourth-order valence-corrected chi connectivity index (χ4v) is 1.10. The fourth-order valence-electron chi connectivity index (χ4n) is 0.690. The largest absolute Gasteiger partial charge is 0.398 e. The van der Waals surface area contributed by atoms with Gasteiger partial charge in [-0.15, -0.1) is 0 Å². The minimum Gasteiger partial charge on any atom is -0.398 e. The minimum absolute atomic E-state index is 0.0431. The SMILES string of the molecule is CCCCCC(O)[SiH3]. The third-order valence-corrected chi connectivity index (χ3v) is 1.80. The summed E-state index contributed by atoms with van der Waals surface area (Å²) in [5.74, 6) is 0. The molecule has 0 rings (SSSR count). The minimum atomic E-state index is 0.0431. The Morgan fingerprint density at radius 3 is 2.50 bits per heavy atom. The zero-order valence-corrected chi connectivity index (χ0v) is 7.85. The molecule has 1 nitrogen and oxygen atoms in total. The van der Waals surface area contributed by atoms with E-state index in [1.807, 2.05) is 0 Å². The maximum Gasteiger partial charge on any atom is 0.0389 e. The van der Waals surface area contributed by atoms with E-state index in [9.17, 15) is 0 Å². The first-order chi connectivity index (χ1) is 3.77.